The highest BCUT2D eigenvalue weighted by Gasteiger charge is 2.37. The van der Waals surface area contributed by atoms with Gasteiger partial charge in [0.15, 0.2) is 5.60 Å². The van der Waals surface area contributed by atoms with Gasteiger partial charge in [0.1, 0.15) is 0 Å². The van der Waals surface area contributed by atoms with E-state index in [1.165, 1.54) is 0 Å². The van der Waals surface area contributed by atoms with Crippen molar-refractivity contribution in [2.75, 3.05) is 0 Å². The molecule has 1 aliphatic carbocycles. The van der Waals surface area contributed by atoms with E-state index < -0.39 is 16.1 Å². The Hall–Kier alpha value is -0.930. The van der Waals surface area contributed by atoms with Gasteiger partial charge in [-0.1, -0.05) is 20.8 Å². The Morgan fingerprint density at radius 3 is 1.94 bits per heavy atom. The van der Waals surface area contributed by atoms with Crippen LogP contribution in [0.5, 0.6) is 0 Å². The molecule has 0 aromatic rings. The highest BCUT2D eigenvalue weighted by molar-refractivity contribution is 7.60. The summed E-state index contributed by atoms with van der Waals surface area (Å²) in [7, 11) is -2.61. The molecule has 0 amide bonds. The van der Waals surface area contributed by atoms with Crippen molar-refractivity contribution < 1.29 is 13.5 Å². The molecule has 6 heteroatoms. The number of hydrogen-bond acceptors (Lipinski definition) is 5. The fourth-order valence-electron chi connectivity index (χ4n) is 2.07. The molecule has 0 aromatic heterocycles. The maximum Gasteiger partial charge on any atom is 0.308 e. The van der Waals surface area contributed by atoms with Crippen molar-refractivity contribution in [2.24, 2.45) is 11.3 Å². The Morgan fingerprint density at radius 2 is 1.71 bits per heavy atom. The second-order valence-electron chi connectivity index (χ2n) is 5.52. The maximum absolute atomic E-state index is 9.70. The highest BCUT2D eigenvalue weighted by Crippen LogP contribution is 2.40. The lowest BCUT2D eigenvalue weighted by atomic mass is 9.69. The van der Waals surface area contributed by atoms with Crippen LogP contribution in [0.2, 0.25) is 0 Å². The second kappa shape index (κ2) is 6.12. The van der Waals surface area contributed by atoms with Gasteiger partial charge in [-0.2, -0.15) is 18.5 Å². The smallest absolute Gasteiger partial charge is 0.308 e. The summed E-state index contributed by atoms with van der Waals surface area (Å²) >= 11 is 0. The molecule has 1 fully saturated rings. The van der Waals surface area contributed by atoms with Gasteiger partial charge in [-0.25, -0.2) is 0 Å². The average Bonchev–Trinajstić information content (AvgIpc) is 2.16. The SMILES string of the molecule is CC(C)(C)C1CCC(O)(C#N)CC1.N=S(=O)=O. The fourth-order valence-corrected chi connectivity index (χ4v) is 2.07. The first-order valence-corrected chi connectivity index (χ1v) is 6.62. The molecule has 0 heterocycles. The van der Waals surface area contributed by atoms with Crippen LogP contribution in [-0.2, 0) is 10.5 Å². The van der Waals surface area contributed by atoms with Gasteiger partial charge in [-0.3, -0.25) is 0 Å². The van der Waals surface area contributed by atoms with Crippen molar-refractivity contribution in [3.05, 3.63) is 0 Å². The van der Waals surface area contributed by atoms with E-state index in [0.717, 1.165) is 12.8 Å². The summed E-state index contributed by atoms with van der Waals surface area (Å²) in [5.41, 5.74) is -0.710. The number of nitrogens with one attached hydrogen (secondary N) is 1. The molecular weight excluding hydrogens is 240 g/mol. The molecule has 5 nitrogen and oxygen atoms in total. The van der Waals surface area contributed by atoms with E-state index in [2.05, 4.69) is 20.8 Å². The third-order valence-corrected chi connectivity index (χ3v) is 3.25. The van der Waals surface area contributed by atoms with Crippen molar-refractivity contribution in [3.8, 4) is 6.07 Å². The van der Waals surface area contributed by atoms with Crippen LogP contribution in [0.15, 0.2) is 0 Å². The molecule has 17 heavy (non-hydrogen) atoms. The van der Waals surface area contributed by atoms with Crippen LogP contribution < -0.4 is 0 Å². The van der Waals surface area contributed by atoms with Crippen molar-refractivity contribution in [2.45, 2.75) is 52.1 Å². The fraction of sp³-hybridized carbons (Fsp3) is 0.909. The van der Waals surface area contributed by atoms with Crippen molar-refractivity contribution >= 4 is 10.5 Å². The van der Waals surface area contributed by atoms with Gasteiger partial charge in [0.05, 0.1) is 6.07 Å². The van der Waals surface area contributed by atoms with Crippen LogP contribution in [0, 0.1) is 27.4 Å². The van der Waals surface area contributed by atoms with Gasteiger partial charge in [0.2, 0.25) is 0 Å². The number of rotatable bonds is 0. The summed E-state index contributed by atoms with van der Waals surface area (Å²) < 4.78 is 22.8. The third kappa shape index (κ3) is 6.39. The minimum atomic E-state index is -2.61. The third-order valence-electron chi connectivity index (χ3n) is 3.25. The Morgan fingerprint density at radius 1 is 1.35 bits per heavy atom. The zero-order valence-electron chi connectivity index (χ0n) is 10.5. The lowest BCUT2D eigenvalue weighted by Gasteiger charge is -2.38. The van der Waals surface area contributed by atoms with Gasteiger partial charge in [0, 0.05) is 0 Å². The molecule has 0 bridgehead atoms. The van der Waals surface area contributed by atoms with E-state index in [9.17, 15) is 5.11 Å². The lowest BCUT2D eigenvalue weighted by Crippen LogP contribution is -2.36. The Bertz CT molecular complexity index is 374. The van der Waals surface area contributed by atoms with Crippen LogP contribution in [0.25, 0.3) is 0 Å². The van der Waals surface area contributed by atoms with Crippen LogP contribution in [0.4, 0.5) is 0 Å². The number of hydrogen-bond donors (Lipinski definition) is 2. The zero-order valence-corrected chi connectivity index (χ0v) is 11.3. The quantitative estimate of drug-likeness (QED) is 0.651. The van der Waals surface area contributed by atoms with Crippen LogP contribution >= 0.6 is 0 Å². The predicted molar refractivity (Wildman–Crippen MR) is 63.6 cm³/mol. The first-order valence-electron chi connectivity index (χ1n) is 5.55. The zero-order chi connectivity index (χ0) is 13.7. The first-order chi connectivity index (χ1) is 7.60. The summed E-state index contributed by atoms with van der Waals surface area (Å²) in [6.45, 7) is 6.69. The number of nitrogens with zero attached hydrogens (tertiary/aromatic N) is 1. The van der Waals surface area contributed by atoms with E-state index in [1.54, 1.807) is 0 Å². The van der Waals surface area contributed by atoms with Crippen LogP contribution in [0.3, 0.4) is 0 Å². The number of nitriles is 1. The first kappa shape index (κ1) is 16.1. The molecule has 0 atom stereocenters. The molecule has 0 spiro atoms. The van der Waals surface area contributed by atoms with E-state index >= 15 is 0 Å². The molecule has 0 unspecified atom stereocenters. The van der Waals surface area contributed by atoms with Crippen LogP contribution in [-0.4, -0.2) is 19.1 Å². The summed E-state index contributed by atoms with van der Waals surface area (Å²) in [6, 6.07) is 2.01. The molecule has 0 radical (unpaired) electrons. The molecule has 1 saturated carbocycles. The molecule has 0 aliphatic heterocycles. The van der Waals surface area contributed by atoms with Crippen molar-refractivity contribution in [1.82, 2.24) is 0 Å². The Labute approximate surface area is 104 Å². The highest BCUT2D eigenvalue weighted by atomic mass is 32.2. The summed E-state index contributed by atoms with van der Waals surface area (Å²) in [5.74, 6) is 0.654. The Kier molecular flexibility index (Phi) is 5.79. The normalized spacial score (nSPS) is 28.5. The van der Waals surface area contributed by atoms with Gasteiger partial charge >= 0.3 is 10.5 Å². The number of aliphatic hydroxyl groups is 1. The predicted octanol–water partition coefficient (Wildman–Crippen LogP) is 2.11. The van der Waals surface area contributed by atoms with E-state index in [1.807, 2.05) is 6.07 Å². The molecular formula is C11H20N2O3S. The summed E-state index contributed by atoms with van der Waals surface area (Å²) in [5, 5.41) is 18.4. The lowest BCUT2D eigenvalue weighted by molar-refractivity contribution is 0.0197. The largest absolute Gasteiger partial charge is 0.375 e. The molecule has 98 valence electrons. The van der Waals surface area contributed by atoms with E-state index in [-0.39, 0.29) is 0 Å². The molecule has 1 aliphatic rings. The molecule has 1 rings (SSSR count). The van der Waals surface area contributed by atoms with Crippen molar-refractivity contribution in [1.29, 1.82) is 10.0 Å². The van der Waals surface area contributed by atoms with E-state index in [4.69, 9.17) is 18.5 Å². The standard InChI is InChI=1S/C11H19NO.HNO2S/c1-10(2,3)9-4-6-11(13,8-12)7-5-9;1-4(2)3/h9,13H,4-7H2,1-3H3;1H. The second-order valence-corrected chi connectivity index (χ2v) is 5.99. The summed E-state index contributed by atoms with van der Waals surface area (Å²) in [6.07, 6.45) is 3.25. The monoisotopic (exact) mass is 260 g/mol. The molecule has 2 N–H and O–H groups in total. The van der Waals surface area contributed by atoms with Gasteiger partial charge in [-0.15, -0.1) is 0 Å². The minimum absolute atomic E-state index is 0.316. The van der Waals surface area contributed by atoms with E-state index in [0.29, 0.717) is 24.2 Å². The van der Waals surface area contributed by atoms with Gasteiger partial charge in [-0.05, 0) is 37.0 Å². The topological polar surface area (TPSA) is 102 Å². The van der Waals surface area contributed by atoms with Crippen molar-refractivity contribution in [3.63, 3.8) is 0 Å². The maximum atomic E-state index is 9.70. The Balaban J connectivity index is 0.000000557. The summed E-state index contributed by atoms with van der Waals surface area (Å²) in [4.78, 5) is 0. The average molecular weight is 260 g/mol. The molecule has 0 saturated heterocycles. The minimum Gasteiger partial charge on any atom is -0.375 e. The van der Waals surface area contributed by atoms with Gasteiger partial charge < -0.3 is 5.11 Å². The van der Waals surface area contributed by atoms with Crippen LogP contribution in [0.1, 0.15) is 46.5 Å². The molecule has 0 aromatic carbocycles. The van der Waals surface area contributed by atoms with Gasteiger partial charge in [0.25, 0.3) is 0 Å².